The Morgan fingerprint density at radius 3 is 0.991 bits per heavy atom. The number of hydrogen-bond donors (Lipinski definition) is 5. The molecule has 13 atom stereocenters. The summed E-state index contributed by atoms with van der Waals surface area (Å²) in [4.78, 5) is 20.1. The standard InChI is InChI=1S/C19H26ClN3O.C18H22ClN3O.C17H21Cl2N3O.C17H22ClN3O3.C17H20ClN3O.Na.H/c1-3-18(4-2)10-9-16(11-15-5-7-17(20)8-6-15)19(18,24)12-23-14-21-13-22-23;1-2-17-8-7-15(9-14-3-5-16(19)6-4-14)18(17,23-11-17)10-22-13-20-12-21-22;1-16(9-18)7-6-14(8-13-2-4-15(19)5-3-13)17(16,23)10-22-12-20-11-21-22;18-15-3-1-13(2-4-15)7-14-5-6-16(9-22,10-23)17(14,24)8-21-12-19-11-20-21;1-16-7-6-14(8-13-2-4-15(18)5-3-13)17(16,22-10-16)9-21-12-19-11-20-21;;/h5-8,13-14,16,24H,3-4,9-12H2,1-2H3;3-6,12-13,15H,2,7-11H2,1H3;2-5,11-12,14,23H,6-10H2,1H3;1-4,11-12,14,22-24H,5-10H2;2-5,11-12,14H,6-10H2,1H3;;/q;;;;;+1;-1/t;;14?,16-,17-;;;;/m..0..../s1. The van der Waals surface area contributed by atoms with Crippen LogP contribution in [-0.4, -0.2) is 160 Å². The zero-order chi connectivity index (χ0) is 82.0. The van der Waals surface area contributed by atoms with E-state index in [1.54, 1.807) is 52.0 Å². The molecule has 29 heteroatoms. The summed E-state index contributed by atoms with van der Waals surface area (Å²) in [5.74, 6) is 1.68. The van der Waals surface area contributed by atoms with Crippen molar-refractivity contribution in [3.05, 3.63) is 238 Å². The molecule has 5 aromatic carbocycles. The summed E-state index contributed by atoms with van der Waals surface area (Å²) in [6, 6.07) is 39.8. The predicted octanol–water partition coefficient (Wildman–Crippen LogP) is 13.2. The number of fused-ring (bicyclic) bond motifs is 2. The minimum Gasteiger partial charge on any atom is -1.00 e. The van der Waals surface area contributed by atoms with Gasteiger partial charge < -0.3 is 36.4 Å². The van der Waals surface area contributed by atoms with E-state index >= 15 is 0 Å². The average Bonchev–Trinajstić information content (AvgIpc) is 1.53. The number of aromatic nitrogens is 15. The Morgan fingerprint density at radius 2 is 0.675 bits per heavy atom. The second kappa shape index (κ2) is 38.8. The van der Waals surface area contributed by atoms with Crippen molar-refractivity contribution < 1.29 is 66.0 Å². The van der Waals surface area contributed by atoms with Gasteiger partial charge in [-0.2, -0.15) is 25.5 Å². The largest absolute Gasteiger partial charge is 1.00 e. The maximum Gasteiger partial charge on any atom is 1.00 e. The number of rotatable bonds is 26. The summed E-state index contributed by atoms with van der Waals surface area (Å²) < 4.78 is 21.4. The fourth-order valence-corrected chi connectivity index (χ4v) is 22.0. The van der Waals surface area contributed by atoms with Crippen molar-refractivity contribution in [3.8, 4) is 0 Å². The summed E-state index contributed by atoms with van der Waals surface area (Å²) in [6.07, 6.45) is 33.7. The molecular weight excluding hydrogens is 1610 g/mol. The number of halogens is 6. The Morgan fingerprint density at radius 1 is 0.376 bits per heavy atom. The van der Waals surface area contributed by atoms with Gasteiger partial charge in [-0.15, -0.1) is 11.6 Å². The van der Waals surface area contributed by atoms with E-state index in [-0.39, 0.29) is 95.9 Å². The maximum atomic E-state index is 11.8. The first kappa shape index (κ1) is 90.5. The van der Waals surface area contributed by atoms with Crippen molar-refractivity contribution in [2.45, 2.75) is 211 Å². The molecular formula is C88H112Cl6N15NaO7. The van der Waals surface area contributed by atoms with Gasteiger partial charge in [-0.1, -0.05) is 153 Å². The summed E-state index contributed by atoms with van der Waals surface area (Å²) in [7, 11) is 0. The summed E-state index contributed by atoms with van der Waals surface area (Å²) >= 11 is 36.1. The number of ether oxygens (including phenoxy) is 2. The van der Waals surface area contributed by atoms with Crippen LogP contribution in [0.4, 0.5) is 0 Å². The second-order valence-corrected chi connectivity index (χ2v) is 36.8. The van der Waals surface area contributed by atoms with Crippen LogP contribution in [0.3, 0.4) is 0 Å². The van der Waals surface area contributed by atoms with Gasteiger partial charge >= 0.3 is 29.6 Å². The van der Waals surface area contributed by atoms with Crippen LogP contribution in [-0.2, 0) is 74.3 Å². The summed E-state index contributed by atoms with van der Waals surface area (Å²) in [6.45, 7) is 15.0. The molecule has 11 unspecified atom stereocenters. The first-order valence-corrected chi connectivity index (χ1v) is 43.3. The number of hydrogen-bond acceptors (Lipinski definition) is 17. The number of aliphatic hydroxyl groups is 5. The molecule has 5 aromatic heterocycles. The molecule has 5 saturated carbocycles. The normalized spacial score (nSPS) is 29.4. The van der Waals surface area contributed by atoms with Gasteiger partial charge in [-0.05, 0) is 234 Å². The molecule has 117 heavy (non-hydrogen) atoms. The SMILES string of the molecule is CC12CCC(Cc3ccc(Cl)cc3)C1(Cn1cncn1)OC2.CCC1(CC)CCC(Cc2ccc(Cl)cc2)C1(O)Cn1cncn1.CCC12CCC(Cc3ccc(Cl)cc3)C1(Cn1cncn1)OC2.C[C@@]1(CCl)CCC(Cc2ccc(Cl)cc2)[C@@]1(O)Cn1cncn1.OCC1(CO)CCC(Cc2ccc(Cl)cc2)C1(O)Cn1cncn1.[H-].[Na+]. The Hall–Kier alpha value is -5.74. The van der Waals surface area contributed by atoms with Gasteiger partial charge in [-0.25, -0.2) is 24.9 Å². The first-order chi connectivity index (χ1) is 55.8. The fraction of sp³-hybridized carbons (Fsp3) is 0.545. The van der Waals surface area contributed by atoms with Crippen molar-refractivity contribution in [2.24, 2.45) is 56.7 Å². The van der Waals surface area contributed by atoms with Crippen LogP contribution in [0.15, 0.2) is 185 Å². The van der Waals surface area contributed by atoms with E-state index in [2.05, 4.69) is 121 Å². The number of alkyl halides is 1. The number of benzene rings is 5. The topological polar surface area (TPSA) is 273 Å². The average molecular weight is 1730 g/mol. The van der Waals surface area contributed by atoms with Gasteiger partial charge in [0.25, 0.3) is 0 Å². The van der Waals surface area contributed by atoms with Crippen LogP contribution >= 0.6 is 69.6 Å². The van der Waals surface area contributed by atoms with Crippen LogP contribution in [0, 0.1) is 56.7 Å². The molecule has 7 aliphatic rings. The third-order valence-electron chi connectivity index (χ3n) is 28.6. The van der Waals surface area contributed by atoms with Crippen LogP contribution in [0.5, 0.6) is 0 Å². The molecule has 7 heterocycles. The number of nitrogens with zero attached hydrogens (tertiary/aromatic N) is 15. The second-order valence-electron chi connectivity index (χ2n) is 34.4. The zero-order valence-electron chi connectivity index (χ0n) is 69.0. The molecule has 7 fully saturated rings. The van der Waals surface area contributed by atoms with Crippen LogP contribution < -0.4 is 29.6 Å². The van der Waals surface area contributed by atoms with Crippen LogP contribution in [0.1, 0.15) is 147 Å². The Kier molecular flexibility index (Phi) is 30.0. The Bertz CT molecular complexity index is 4440. The molecule has 5 aliphatic carbocycles. The van der Waals surface area contributed by atoms with E-state index in [1.807, 2.05) is 94.3 Å². The zero-order valence-corrected chi connectivity index (χ0v) is 74.6. The Balaban J connectivity index is 0.000000144. The van der Waals surface area contributed by atoms with E-state index in [9.17, 15) is 25.5 Å². The molecule has 10 aromatic rings. The van der Waals surface area contributed by atoms with E-state index < -0.39 is 22.2 Å². The molecule has 22 nitrogen and oxygen atoms in total. The minimum atomic E-state index is -1.27. The van der Waals surface area contributed by atoms with Gasteiger partial charge in [0.15, 0.2) is 0 Å². The smallest absolute Gasteiger partial charge is 1.00 e. The third kappa shape index (κ3) is 18.9. The van der Waals surface area contributed by atoms with Crippen molar-refractivity contribution in [1.29, 1.82) is 0 Å². The summed E-state index contributed by atoms with van der Waals surface area (Å²) in [5, 5.41) is 79.6. The van der Waals surface area contributed by atoms with E-state index in [0.717, 1.165) is 123 Å². The van der Waals surface area contributed by atoms with Crippen molar-refractivity contribution >= 4 is 69.6 Å². The van der Waals surface area contributed by atoms with Crippen LogP contribution in [0.2, 0.25) is 25.1 Å². The molecule has 2 saturated heterocycles. The molecule has 0 radical (unpaired) electrons. The Labute approximate surface area is 740 Å². The van der Waals surface area contributed by atoms with Gasteiger partial charge in [0.1, 0.15) is 63.3 Å². The fourth-order valence-electron chi connectivity index (χ4n) is 21.0. The molecule has 2 aliphatic heterocycles. The molecule has 5 N–H and O–H groups in total. The molecule has 0 amide bonds. The van der Waals surface area contributed by atoms with E-state index in [4.69, 9.17) is 79.1 Å². The van der Waals surface area contributed by atoms with Gasteiger partial charge in [0.2, 0.25) is 0 Å². The van der Waals surface area contributed by atoms with Crippen molar-refractivity contribution in [3.63, 3.8) is 0 Å². The first-order valence-electron chi connectivity index (χ1n) is 40.9. The third-order valence-corrected chi connectivity index (χ3v) is 30.5. The molecule has 0 bridgehead atoms. The van der Waals surface area contributed by atoms with Crippen molar-refractivity contribution in [1.82, 2.24) is 73.8 Å². The van der Waals surface area contributed by atoms with Crippen molar-refractivity contribution in [2.75, 3.05) is 32.3 Å². The van der Waals surface area contributed by atoms with E-state index in [0.29, 0.717) is 54.1 Å². The van der Waals surface area contributed by atoms with Gasteiger partial charge in [-0.3, -0.25) is 23.4 Å². The van der Waals surface area contributed by atoms with Crippen LogP contribution in [0.25, 0.3) is 0 Å². The molecule has 624 valence electrons. The molecule has 0 spiro atoms. The van der Waals surface area contributed by atoms with E-state index in [1.165, 1.54) is 79.7 Å². The quantitative estimate of drug-likeness (QED) is 0.0249. The summed E-state index contributed by atoms with van der Waals surface area (Å²) in [5.41, 5.74) is 2.17. The minimum absolute atomic E-state index is 0. The maximum absolute atomic E-state index is 11.8. The molecule has 17 rings (SSSR count). The van der Waals surface area contributed by atoms with Gasteiger partial charge in [0, 0.05) is 58.1 Å². The van der Waals surface area contributed by atoms with Gasteiger partial charge in [0.05, 0.1) is 87.2 Å². The predicted molar refractivity (Wildman–Crippen MR) is 452 cm³/mol. The number of aliphatic hydroxyl groups excluding tert-OH is 2. The monoisotopic (exact) mass is 1720 g/mol.